The average Bonchev–Trinajstić information content (AvgIpc) is 2.26. The van der Waals surface area contributed by atoms with Crippen LogP contribution >= 0.6 is 0 Å². The van der Waals surface area contributed by atoms with E-state index in [-0.39, 0.29) is 5.95 Å². The second-order valence-corrected chi connectivity index (χ2v) is 4.66. The predicted octanol–water partition coefficient (Wildman–Crippen LogP) is 0.483. The van der Waals surface area contributed by atoms with Gasteiger partial charge >= 0.3 is 0 Å². The average molecular weight is 254 g/mol. The lowest BCUT2D eigenvalue weighted by Crippen LogP contribution is -2.31. The van der Waals surface area contributed by atoms with Gasteiger partial charge in [-0.05, 0) is 27.7 Å². The van der Waals surface area contributed by atoms with Gasteiger partial charge in [-0.2, -0.15) is 15.0 Å². The third-order valence-corrected chi connectivity index (χ3v) is 2.37. The van der Waals surface area contributed by atoms with E-state index >= 15 is 0 Å². The van der Waals surface area contributed by atoms with Crippen LogP contribution in [-0.2, 0) is 0 Å². The Labute approximate surface area is 107 Å². The summed E-state index contributed by atoms with van der Waals surface area (Å²) in [7, 11) is 0. The number of hydrogen-bond acceptors (Lipinski definition) is 7. The van der Waals surface area contributed by atoms with Gasteiger partial charge in [0.05, 0.1) is 5.60 Å². The smallest absolute Gasteiger partial charge is 0.231 e. The van der Waals surface area contributed by atoms with Crippen molar-refractivity contribution in [3.05, 3.63) is 0 Å². The summed E-state index contributed by atoms with van der Waals surface area (Å²) < 4.78 is 0. The Hall–Kier alpha value is -1.63. The summed E-state index contributed by atoms with van der Waals surface area (Å²) in [6.45, 7) is 9.39. The third-order valence-electron chi connectivity index (χ3n) is 2.37. The molecular formula is C11H22N6O. The molecule has 0 spiro atoms. The first-order valence-corrected chi connectivity index (χ1v) is 6.08. The topological polar surface area (TPSA) is 100 Å². The van der Waals surface area contributed by atoms with Crippen molar-refractivity contribution >= 4 is 17.8 Å². The van der Waals surface area contributed by atoms with Crippen LogP contribution in [0.3, 0.4) is 0 Å². The van der Waals surface area contributed by atoms with Gasteiger partial charge in [0.1, 0.15) is 0 Å². The van der Waals surface area contributed by atoms with Crippen LogP contribution in [0.15, 0.2) is 0 Å². The molecule has 102 valence electrons. The van der Waals surface area contributed by atoms with Gasteiger partial charge in [0.2, 0.25) is 17.8 Å². The van der Waals surface area contributed by atoms with Gasteiger partial charge in [0.25, 0.3) is 0 Å². The number of aliphatic hydroxyl groups is 1. The van der Waals surface area contributed by atoms with Crippen LogP contribution in [0.2, 0.25) is 0 Å². The lowest BCUT2D eigenvalue weighted by molar-refractivity contribution is 0.0943. The first kappa shape index (κ1) is 14.4. The first-order valence-electron chi connectivity index (χ1n) is 6.08. The van der Waals surface area contributed by atoms with Crippen molar-refractivity contribution in [2.45, 2.75) is 33.3 Å². The molecule has 7 heteroatoms. The van der Waals surface area contributed by atoms with E-state index in [1.54, 1.807) is 13.8 Å². The minimum absolute atomic E-state index is 0.171. The molecule has 0 aliphatic rings. The maximum Gasteiger partial charge on any atom is 0.231 e. The van der Waals surface area contributed by atoms with Crippen molar-refractivity contribution in [2.24, 2.45) is 0 Å². The fourth-order valence-electron chi connectivity index (χ4n) is 1.40. The van der Waals surface area contributed by atoms with Gasteiger partial charge in [-0.3, -0.25) is 0 Å². The van der Waals surface area contributed by atoms with Gasteiger partial charge < -0.3 is 21.1 Å². The van der Waals surface area contributed by atoms with E-state index in [0.717, 1.165) is 13.1 Å². The molecule has 7 nitrogen and oxygen atoms in total. The minimum Gasteiger partial charge on any atom is -0.389 e. The van der Waals surface area contributed by atoms with Crippen molar-refractivity contribution in [3.8, 4) is 0 Å². The van der Waals surface area contributed by atoms with Crippen molar-refractivity contribution < 1.29 is 5.11 Å². The predicted molar refractivity (Wildman–Crippen MR) is 72.6 cm³/mol. The van der Waals surface area contributed by atoms with Crippen LogP contribution in [0.1, 0.15) is 27.7 Å². The zero-order chi connectivity index (χ0) is 13.8. The highest BCUT2D eigenvalue weighted by molar-refractivity contribution is 5.41. The number of aromatic nitrogens is 3. The molecule has 0 fully saturated rings. The molecule has 0 bridgehead atoms. The molecule has 18 heavy (non-hydrogen) atoms. The van der Waals surface area contributed by atoms with Gasteiger partial charge in [0.15, 0.2) is 0 Å². The Morgan fingerprint density at radius 2 is 1.83 bits per heavy atom. The normalized spacial score (nSPS) is 11.4. The van der Waals surface area contributed by atoms with Gasteiger partial charge in [-0.15, -0.1) is 0 Å². The van der Waals surface area contributed by atoms with Crippen molar-refractivity contribution in [1.29, 1.82) is 0 Å². The Morgan fingerprint density at radius 1 is 1.22 bits per heavy atom. The highest BCUT2D eigenvalue weighted by Gasteiger charge is 2.14. The molecular weight excluding hydrogens is 232 g/mol. The van der Waals surface area contributed by atoms with E-state index in [4.69, 9.17) is 5.73 Å². The monoisotopic (exact) mass is 254 g/mol. The number of nitrogens with two attached hydrogens (primary N) is 1. The molecule has 1 aromatic rings. The van der Waals surface area contributed by atoms with E-state index in [2.05, 4.69) is 20.3 Å². The van der Waals surface area contributed by atoms with E-state index in [9.17, 15) is 5.11 Å². The summed E-state index contributed by atoms with van der Waals surface area (Å²) in [6.07, 6.45) is 0. The lowest BCUT2D eigenvalue weighted by Gasteiger charge is -2.20. The quantitative estimate of drug-likeness (QED) is 0.679. The van der Waals surface area contributed by atoms with Crippen molar-refractivity contribution in [3.63, 3.8) is 0 Å². The largest absolute Gasteiger partial charge is 0.389 e. The standard InChI is InChI=1S/C11H22N6O/c1-5-17(6-2)10-15-8(12)14-9(16-10)13-7-11(3,4)18/h18H,5-7H2,1-4H3,(H3,12,13,14,15,16). The Morgan fingerprint density at radius 3 is 2.33 bits per heavy atom. The number of nitrogens with zero attached hydrogens (tertiary/aromatic N) is 4. The molecule has 1 heterocycles. The molecule has 4 N–H and O–H groups in total. The molecule has 0 saturated heterocycles. The van der Waals surface area contributed by atoms with E-state index in [1.807, 2.05) is 18.7 Å². The van der Waals surface area contributed by atoms with E-state index < -0.39 is 5.60 Å². The van der Waals surface area contributed by atoms with E-state index in [1.165, 1.54) is 0 Å². The summed E-state index contributed by atoms with van der Waals surface area (Å²) in [4.78, 5) is 14.4. The summed E-state index contributed by atoms with van der Waals surface area (Å²) in [5.41, 5.74) is 4.82. The minimum atomic E-state index is -0.837. The fourth-order valence-corrected chi connectivity index (χ4v) is 1.40. The maximum atomic E-state index is 9.64. The molecule has 0 aliphatic carbocycles. The van der Waals surface area contributed by atoms with Crippen LogP contribution in [0.25, 0.3) is 0 Å². The molecule has 0 unspecified atom stereocenters. The summed E-state index contributed by atoms with van der Waals surface area (Å²) >= 11 is 0. The number of hydrogen-bond donors (Lipinski definition) is 3. The Kier molecular flexibility index (Phi) is 4.66. The molecule has 0 amide bonds. The number of nitrogen functional groups attached to an aromatic ring is 1. The second-order valence-electron chi connectivity index (χ2n) is 4.66. The first-order chi connectivity index (χ1) is 8.35. The number of anilines is 3. The highest BCUT2D eigenvalue weighted by atomic mass is 16.3. The summed E-state index contributed by atoms with van der Waals surface area (Å²) in [6, 6.07) is 0. The molecule has 0 saturated carbocycles. The Balaban J connectivity index is 2.87. The summed E-state index contributed by atoms with van der Waals surface area (Å²) in [5, 5.41) is 12.6. The molecule has 1 rings (SSSR count). The molecule has 0 aliphatic heterocycles. The zero-order valence-electron chi connectivity index (χ0n) is 11.4. The van der Waals surface area contributed by atoms with Gasteiger partial charge in [0, 0.05) is 19.6 Å². The molecule has 0 atom stereocenters. The molecule has 1 aromatic heterocycles. The lowest BCUT2D eigenvalue weighted by atomic mass is 10.1. The van der Waals surface area contributed by atoms with Crippen LogP contribution in [0, 0.1) is 0 Å². The fraction of sp³-hybridized carbons (Fsp3) is 0.727. The number of rotatable bonds is 6. The van der Waals surface area contributed by atoms with Crippen molar-refractivity contribution in [1.82, 2.24) is 15.0 Å². The van der Waals surface area contributed by atoms with Gasteiger partial charge in [-0.1, -0.05) is 0 Å². The van der Waals surface area contributed by atoms with Crippen LogP contribution in [0.5, 0.6) is 0 Å². The second kappa shape index (κ2) is 5.81. The van der Waals surface area contributed by atoms with E-state index in [0.29, 0.717) is 18.4 Å². The highest BCUT2D eigenvalue weighted by Crippen LogP contribution is 2.12. The molecule has 0 aromatic carbocycles. The molecule has 0 radical (unpaired) electrons. The van der Waals surface area contributed by atoms with Crippen LogP contribution < -0.4 is 16.0 Å². The third kappa shape index (κ3) is 4.33. The van der Waals surface area contributed by atoms with Crippen LogP contribution in [-0.4, -0.2) is 45.3 Å². The summed E-state index contributed by atoms with van der Waals surface area (Å²) in [5.74, 6) is 1.10. The van der Waals surface area contributed by atoms with Crippen LogP contribution in [0.4, 0.5) is 17.8 Å². The Bertz CT molecular complexity index is 386. The maximum absolute atomic E-state index is 9.64. The number of nitrogens with one attached hydrogen (secondary N) is 1. The SMILES string of the molecule is CCN(CC)c1nc(N)nc(NCC(C)(C)O)n1. The van der Waals surface area contributed by atoms with Crippen molar-refractivity contribution in [2.75, 3.05) is 35.6 Å². The zero-order valence-corrected chi connectivity index (χ0v) is 11.4. The van der Waals surface area contributed by atoms with Gasteiger partial charge in [-0.25, -0.2) is 0 Å².